The molecule has 0 aliphatic rings. The minimum Gasteiger partial charge on any atom is -0.486 e. The first kappa shape index (κ1) is 14.8. The summed E-state index contributed by atoms with van der Waals surface area (Å²) in [5.41, 5.74) is 1.65. The lowest BCUT2D eigenvalue weighted by atomic mass is 10.1. The Morgan fingerprint density at radius 1 is 1.22 bits per heavy atom. The highest BCUT2D eigenvalue weighted by Gasteiger charge is 2.26. The Morgan fingerprint density at radius 3 is 2.61 bits per heavy atom. The summed E-state index contributed by atoms with van der Waals surface area (Å²) in [4.78, 5) is 16.8. The van der Waals surface area contributed by atoms with Crippen molar-refractivity contribution in [3.05, 3.63) is 60.4 Å². The van der Waals surface area contributed by atoms with Gasteiger partial charge in [-0.2, -0.15) is 5.26 Å². The van der Waals surface area contributed by atoms with Crippen molar-refractivity contribution in [2.45, 2.75) is 5.92 Å². The fourth-order valence-electron chi connectivity index (χ4n) is 2.45. The van der Waals surface area contributed by atoms with Crippen molar-refractivity contribution in [2.24, 2.45) is 7.05 Å². The third-order valence-electron chi connectivity index (χ3n) is 3.66. The molecule has 0 saturated heterocycles. The molecule has 0 aliphatic heterocycles. The van der Waals surface area contributed by atoms with E-state index >= 15 is 0 Å². The molecule has 2 aromatic carbocycles. The molecule has 0 aliphatic carbocycles. The summed E-state index contributed by atoms with van der Waals surface area (Å²) < 4.78 is 7.23. The molecule has 1 heterocycles. The molecule has 1 aromatic heterocycles. The topological polar surface area (TPSA) is 67.9 Å². The predicted octanol–water partition coefficient (Wildman–Crippen LogP) is 2.83. The number of hydrogen-bond donors (Lipinski definition) is 0. The number of hydrogen-bond acceptors (Lipinski definition) is 4. The summed E-state index contributed by atoms with van der Waals surface area (Å²) in [6.07, 6.45) is 0. The van der Waals surface area contributed by atoms with Gasteiger partial charge in [-0.15, -0.1) is 0 Å². The van der Waals surface area contributed by atoms with Gasteiger partial charge in [-0.3, -0.25) is 4.79 Å². The first-order chi connectivity index (χ1) is 11.2. The second-order valence-corrected chi connectivity index (χ2v) is 5.15. The zero-order valence-corrected chi connectivity index (χ0v) is 12.6. The molecule has 0 amide bonds. The smallest absolute Gasteiger partial charge is 0.194 e. The van der Waals surface area contributed by atoms with Crippen LogP contribution in [0.2, 0.25) is 0 Å². The van der Waals surface area contributed by atoms with E-state index in [1.165, 1.54) is 0 Å². The van der Waals surface area contributed by atoms with Gasteiger partial charge in [-0.25, -0.2) is 4.98 Å². The van der Waals surface area contributed by atoms with Gasteiger partial charge in [0.1, 0.15) is 18.2 Å². The molecule has 3 aromatic rings. The summed E-state index contributed by atoms with van der Waals surface area (Å²) in [7, 11) is 1.81. The van der Waals surface area contributed by atoms with Crippen LogP contribution in [0.15, 0.2) is 54.6 Å². The normalized spacial score (nSPS) is 11.8. The van der Waals surface area contributed by atoms with Crippen LogP contribution < -0.4 is 4.74 Å². The van der Waals surface area contributed by atoms with Gasteiger partial charge in [-0.05, 0) is 24.3 Å². The number of rotatable bonds is 5. The third kappa shape index (κ3) is 2.92. The van der Waals surface area contributed by atoms with Crippen molar-refractivity contribution >= 4 is 16.8 Å². The van der Waals surface area contributed by atoms with Crippen molar-refractivity contribution in [1.82, 2.24) is 9.55 Å². The van der Waals surface area contributed by atoms with Crippen molar-refractivity contribution in [3.63, 3.8) is 0 Å². The van der Waals surface area contributed by atoms with E-state index in [9.17, 15) is 10.1 Å². The van der Waals surface area contributed by atoms with Gasteiger partial charge in [-0.1, -0.05) is 30.3 Å². The molecule has 0 saturated carbocycles. The van der Waals surface area contributed by atoms with E-state index in [1.54, 1.807) is 23.7 Å². The second kappa shape index (κ2) is 6.32. The van der Waals surface area contributed by atoms with E-state index in [0.717, 1.165) is 11.0 Å². The van der Waals surface area contributed by atoms with Crippen LogP contribution in [0, 0.1) is 11.3 Å². The van der Waals surface area contributed by atoms with Crippen LogP contribution in [-0.4, -0.2) is 21.9 Å². The predicted molar refractivity (Wildman–Crippen MR) is 86.0 cm³/mol. The molecule has 23 heavy (non-hydrogen) atoms. The Bertz CT molecular complexity index is 878. The van der Waals surface area contributed by atoms with Crippen molar-refractivity contribution in [3.8, 4) is 11.8 Å². The van der Waals surface area contributed by atoms with Crippen LogP contribution in [0.1, 0.15) is 11.7 Å². The fraction of sp³-hybridized carbons (Fsp3) is 0.167. The fourth-order valence-corrected chi connectivity index (χ4v) is 2.45. The number of aryl methyl sites for hydroxylation is 1. The van der Waals surface area contributed by atoms with Crippen molar-refractivity contribution in [1.29, 1.82) is 5.26 Å². The molecule has 0 spiro atoms. The van der Waals surface area contributed by atoms with Gasteiger partial charge >= 0.3 is 0 Å². The number of carbonyl (C=O) groups excluding carboxylic acids is 1. The van der Waals surface area contributed by atoms with E-state index in [2.05, 4.69) is 4.98 Å². The molecule has 0 bridgehead atoms. The SMILES string of the molecule is Cn1c([C@@H](C#N)C(=O)COc2ccccc2)nc2ccccc21. The maximum Gasteiger partial charge on any atom is 0.194 e. The molecule has 5 heteroatoms. The Hall–Kier alpha value is -3.13. The molecule has 5 nitrogen and oxygen atoms in total. The zero-order chi connectivity index (χ0) is 16.2. The molecular formula is C18H15N3O2. The molecule has 3 rings (SSSR count). The number of ether oxygens (including phenoxy) is 1. The first-order valence-electron chi connectivity index (χ1n) is 7.22. The Kier molecular flexibility index (Phi) is 4.07. The first-order valence-corrected chi connectivity index (χ1v) is 7.22. The average molecular weight is 305 g/mol. The highest BCUT2D eigenvalue weighted by atomic mass is 16.5. The van der Waals surface area contributed by atoms with E-state index in [0.29, 0.717) is 11.6 Å². The second-order valence-electron chi connectivity index (χ2n) is 5.15. The quantitative estimate of drug-likeness (QED) is 0.727. The summed E-state index contributed by atoms with van der Waals surface area (Å²) in [6.45, 7) is -0.161. The van der Waals surface area contributed by atoms with Crippen molar-refractivity contribution < 1.29 is 9.53 Å². The monoisotopic (exact) mass is 305 g/mol. The lowest BCUT2D eigenvalue weighted by molar-refractivity contribution is -0.121. The van der Waals surface area contributed by atoms with Gasteiger partial charge in [0, 0.05) is 7.05 Å². The van der Waals surface area contributed by atoms with Crippen LogP contribution in [-0.2, 0) is 11.8 Å². The molecular weight excluding hydrogens is 290 g/mol. The van der Waals surface area contributed by atoms with Gasteiger partial charge in [0.2, 0.25) is 0 Å². The number of nitrogens with zero attached hydrogens (tertiary/aromatic N) is 3. The van der Waals surface area contributed by atoms with E-state index in [4.69, 9.17) is 4.74 Å². The molecule has 0 N–H and O–H groups in total. The summed E-state index contributed by atoms with van der Waals surface area (Å²) >= 11 is 0. The van der Waals surface area contributed by atoms with E-state index in [1.807, 2.05) is 48.5 Å². The number of fused-ring (bicyclic) bond motifs is 1. The van der Waals surface area contributed by atoms with Crippen LogP contribution in [0.4, 0.5) is 0 Å². The number of ketones is 1. The van der Waals surface area contributed by atoms with Gasteiger partial charge in [0.15, 0.2) is 11.7 Å². The standard InChI is InChI=1S/C18H15N3O2/c1-21-16-10-6-5-9-15(16)20-18(21)14(11-19)17(22)12-23-13-7-3-2-4-8-13/h2-10,14H,12H2,1H3/t14-/m0/s1. The maximum atomic E-state index is 12.4. The number of imidazole rings is 1. The van der Waals surface area contributed by atoms with E-state index in [-0.39, 0.29) is 12.4 Å². The lowest BCUT2D eigenvalue weighted by Crippen LogP contribution is -2.21. The van der Waals surface area contributed by atoms with Gasteiger partial charge < -0.3 is 9.30 Å². The number of Topliss-reactive ketones (excluding diaryl/α,β-unsaturated/α-hetero) is 1. The number of carbonyl (C=O) groups is 1. The van der Waals surface area contributed by atoms with E-state index < -0.39 is 5.92 Å². The minimum absolute atomic E-state index is 0.161. The Morgan fingerprint density at radius 2 is 1.91 bits per heavy atom. The average Bonchev–Trinajstić information content (AvgIpc) is 2.92. The van der Waals surface area contributed by atoms with Gasteiger partial charge in [0.05, 0.1) is 17.1 Å². The van der Waals surface area contributed by atoms with Crippen LogP contribution >= 0.6 is 0 Å². The lowest BCUT2D eigenvalue weighted by Gasteiger charge is -2.10. The Balaban J connectivity index is 1.82. The largest absolute Gasteiger partial charge is 0.486 e. The van der Waals surface area contributed by atoms with Crippen LogP contribution in [0.5, 0.6) is 5.75 Å². The maximum absolute atomic E-state index is 12.4. The molecule has 114 valence electrons. The Labute approximate surface area is 133 Å². The highest BCUT2D eigenvalue weighted by Crippen LogP contribution is 2.21. The molecule has 1 atom stereocenters. The summed E-state index contributed by atoms with van der Waals surface area (Å²) in [6, 6.07) is 18.6. The minimum atomic E-state index is -0.948. The molecule has 0 radical (unpaired) electrons. The number of benzene rings is 2. The summed E-state index contributed by atoms with van der Waals surface area (Å²) in [5.74, 6) is -0.219. The van der Waals surface area contributed by atoms with Gasteiger partial charge in [0.25, 0.3) is 0 Å². The zero-order valence-electron chi connectivity index (χ0n) is 12.6. The number of aromatic nitrogens is 2. The third-order valence-corrected chi connectivity index (χ3v) is 3.66. The number of para-hydroxylation sites is 3. The van der Waals surface area contributed by atoms with Crippen LogP contribution in [0.3, 0.4) is 0 Å². The molecule has 0 unspecified atom stereocenters. The molecule has 0 fully saturated rings. The van der Waals surface area contributed by atoms with Crippen molar-refractivity contribution in [2.75, 3.05) is 6.61 Å². The van der Waals surface area contributed by atoms with Crippen LogP contribution in [0.25, 0.3) is 11.0 Å². The highest BCUT2D eigenvalue weighted by molar-refractivity contribution is 5.90. The summed E-state index contributed by atoms with van der Waals surface area (Å²) in [5, 5.41) is 9.42. The number of nitriles is 1.